The van der Waals surface area contributed by atoms with Crippen LogP contribution in [0.3, 0.4) is 0 Å². The Morgan fingerprint density at radius 3 is 2.82 bits per heavy atom. The Kier molecular flexibility index (Phi) is 5.92. The topological polar surface area (TPSA) is 24.9 Å². The molecule has 17 heavy (non-hydrogen) atoms. The van der Waals surface area contributed by atoms with Crippen LogP contribution in [0.15, 0.2) is 30.5 Å². The summed E-state index contributed by atoms with van der Waals surface area (Å²) in [6.45, 7) is 11.5. The average Bonchev–Trinajstić information content (AvgIpc) is 2.34. The second kappa shape index (κ2) is 7.23. The first-order valence-corrected chi connectivity index (χ1v) is 6.50. The molecule has 0 aromatic carbocycles. The van der Waals surface area contributed by atoms with Gasteiger partial charge < -0.3 is 5.32 Å². The molecule has 0 amide bonds. The standard InChI is InChI=1S/C15H24N2/c1-5-8-17-15(10-12(3)6-2)14-7-9-16-13(4)11-14/h7,9,11,15,17H,3,5-6,8,10H2,1-2,4H3. The molecule has 1 N–H and O–H groups in total. The summed E-state index contributed by atoms with van der Waals surface area (Å²) in [7, 11) is 0. The number of pyridine rings is 1. The van der Waals surface area contributed by atoms with Gasteiger partial charge in [-0.1, -0.05) is 26.0 Å². The van der Waals surface area contributed by atoms with E-state index < -0.39 is 0 Å². The van der Waals surface area contributed by atoms with Gasteiger partial charge in [-0.15, -0.1) is 0 Å². The third-order valence-electron chi connectivity index (χ3n) is 2.96. The highest BCUT2D eigenvalue weighted by Crippen LogP contribution is 2.22. The van der Waals surface area contributed by atoms with E-state index in [1.165, 1.54) is 11.1 Å². The molecule has 1 heterocycles. The molecule has 1 atom stereocenters. The van der Waals surface area contributed by atoms with E-state index in [4.69, 9.17) is 0 Å². The van der Waals surface area contributed by atoms with Crippen molar-refractivity contribution in [1.82, 2.24) is 10.3 Å². The first-order chi connectivity index (χ1) is 8.17. The van der Waals surface area contributed by atoms with E-state index in [1.54, 1.807) is 0 Å². The van der Waals surface area contributed by atoms with Crippen LogP contribution in [0.5, 0.6) is 0 Å². The average molecular weight is 232 g/mol. The summed E-state index contributed by atoms with van der Waals surface area (Å²) >= 11 is 0. The van der Waals surface area contributed by atoms with Gasteiger partial charge in [0.05, 0.1) is 0 Å². The minimum absolute atomic E-state index is 0.379. The molecule has 0 aliphatic carbocycles. The number of nitrogens with zero attached hydrogens (tertiary/aromatic N) is 1. The predicted molar refractivity (Wildman–Crippen MR) is 74.1 cm³/mol. The third-order valence-corrected chi connectivity index (χ3v) is 2.96. The van der Waals surface area contributed by atoms with Gasteiger partial charge in [0.25, 0.3) is 0 Å². The zero-order chi connectivity index (χ0) is 12.7. The first-order valence-electron chi connectivity index (χ1n) is 6.50. The molecule has 0 spiro atoms. The molecular formula is C15H24N2. The van der Waals surface area contributed by atoms with Gasteiger partial charge in [0.1, 0.15) is 0 Å². The maximum atomic E-state index is 4.25. The van der Waals surface area contributed by atoms with Crippen LogP contribution in [0.1, 0.15) is 50.4 Å². The summed E-state index contributed by atoms with van der Waals surface area (Å²) in [5, 5.41) is 3.59. The minimum Gasteiger partial charge on any atom is -0.310 e. The van der Waals surface area contributed by atoms with E-state index in [9.17, 15) is 0 Å². The lowest BCUT2D eigenvalue weighted by atomic mass is 9.98. The van der Waals surface area contributed by atoms with Crippen LogP contribution in [0.2, 0.25) is 0 Å². The van der Waals surface area contributed by atoms with Crippen molar-refractivity contribution in [2.75, 3.05) is 6.54 Å². The van der Waals surface area contributed by atoms with Crippen molar-refractivity contribution in [2.45, 2.75) is 46.1 Å². The molecule has 0 fully saturated rings. The Morgan fingerprint density at radius 2 is 2.24 bits per heavy atom. The summed E-state index contributed by atoms with van der Waals surface area (Å²) in [4.78, 5) is 4.25. The maximum absolute atomic E-state index is 4.25. The number of hydrogen-bond acceptors (Lipinski definition) is 2. The molecule has 0 aliphatic heterocycles. The van der Waals surface area contributed by atoms with Crippen molar-refractivity contribution >= 4 is 0 Å². The Labute approximate surface area is 105 Å². The second-order valence-electron chi connectivity index (χ2n) is 4.54. The fourth-order valence-corrected chi connectivity index (χ4v) is 1.84. The Hall–Kier alpha value is -1.15. The van der Waals surface area contributed by atoms with Crippen LogP contribution in [0.4, 0.5) is 0 Å². The number of rotatable bonds is 7. The van der Waals surface area contributed by atoms with Crippen molar-refractivity contribution in [3.05, 3.63) is 41.7 Å². The van der Waals surface area contributed by atoms with Crippen LogP contribution in [0.25, 0.3) is 0 Å². The van der Waals surface area contributed by atoms with Gasteiger partial charge in [-0.25, -0.2) is 0 Å². The van der Waals surface area contributed by atoms with Gasteiger partial charge in [0.2, 0.25) is 0 Å². The van der Waals surface area contributed by atoms with E-state index >= 15 is 0 Å². The first kappa shape index (κ1) is 13.9. The van der Waals surface area contributed by atoms with Crippen molar-refractivity contribution in [1.29, 1.82) is 0 Å². The molecule has 0 radical (unpaired) electrons. The monoisotopic (exact) mass is 232 g/mol. The number of hydrogen-bond donors (Lipinski definition) is 1. The summed E-state index contributed by atoms with van der Waals surface area (Å²) < 4.78 is 0. The predicted octanol–water partition coefficient (Wildman–Crippen LogP) is 3.79. The smallest absolute Gasteiger partial charge is 0.0375 e. The highest BCUT2D eigenvalue weighted by molar-refractivity contribution is 5.21. The highest BCUT2D eigenvalue weighted by Gasteiger charge is 2.11. The molecular weight excluding hydrogens is 208 g/mol. The Balaban J connectivity index is 2.77. The summed E-state index contributed by atoms with van der Waals surface area (Å²) in [5.41, 5.74) is 3.70. The zero-order valence-electron chi connectivity index (χ0n) is 11.3. The molecule has 2 nitrogen and oxygen atoms in total. The van der Waals surface area contributed by atoms with E-state index in [-0.39, 0.29) is 0 Å². The minimum atomic E-state index is 0.379. The summed E-state index contributed by atoms with van der Waals surface area (Å²) in [6.07, 6.45) is 5.10. The van der Waals surface area contributed by atoms with Gasteiger partial charge in [0, 0.05) is 17.9 Å². The van der Waals surface area contributed by atoms with E-state index in [1.807, 2.05) is 13.1 Å². The molecule has 0 aliphatic rings. The molecule has 1 aromatic rings. The summed E-state index contributed by atoms with van der Waals surface area (Å²) in [5.74, 6) is 0. The van der Waals surface area contributed by atoms with E-state index in [2.05, 4.69) is 42.9 Å². The fraction of sp³-hybridized carbons (Fsp3) is 0.533. The molecule has 1 unspecified atom stereocenters. The molecule has 94 valence electrons. The van der Waals surface area contributed by atoms with Gasteiger partial charge in [-0.3, -0.25) is 4.98 Å². The lowest BCUT2D eigenvalue weighted by Crippen LogP contribution is -2.22. The van der Waals surface area contributed by atoms with Crippen LogP contribution in [-0.4, -0.2) is 11.5 Å². The van der Waals surface area contributed by atoms with Crippen molar-refractivity contribution in [2.24, 2.45) is 0 Å². The largest absolute Gasteiger partial charge is 0.310 e. The number of aromatic nitrogens is 1. The third kappa shape index (κ3) is 4.70. The van der Waals surface area contributed by atoms with Crippen molar-refractivity contribution < 1.29 is 0 Å². The lowest BCUT2D eigenvalue weighted by molar-refractivity contribution is 0.523. The molecule has 1 aromatic heterocycles. The second-order valence-corrected chi connectivity index (χ2v) is 4.54. The lowest BCUT2D eigenvalue weighted by Gasteiger charge is -2.20. The van der Waals surface area contributed by atoms with Crippen LogP contribution in [0, 0.1) is 6.92 Å². The van der Waals surface area contributed by atoms with Gasteiger partial charge in [-0.2, -0.15) is 0 Å². The van der Waals surface area contributed by atoms with Crippen LogP contribution < -0.4 is 5.32 Å². The Morgan fingerprint density at radius 1 is 1.47 bits per heavy atom. The maximum Gasteiger partial charge on any atom is 0.0375 e. The zero-order valence-corrected chi connectivity index (χ0v) is 11.3. The van der Waals surface area contributed by atoms with E-state index in [0.29, 0.717) is 6.04 Å². The molecule has 2 heteroatoms. The normalized spacial score (nSPS) is 12.4. The molecule has 1 rings (SSSR count). The quantitative estimate of drug-likeness (QED) is 0.724. The number of aryl methyl sites for hydroxylation is 1. The molecule has 0 saturated carbocycles. The molecule has 0 bridgehead atoms. The van der Waals surface area contributed by atoms with E-state index in [0.717, 1.165) is 31.5 Å². The van der Waals surface area contributed by atoms with Gasteiger partial charge in [0.15, 0.2) is 0 Å². The molecule has 0 saturated heterocycles. The summed E-state index contributed by atoms with van der Waals surface area (Å²) in [6, 6.07) is 4.64. The van der Waals surface area contributed by atoms with Crippen LogP contribution >= 0.6 is 0 Å². The SMILES string of the molecule is C=C(CC)CC(NCCC)c1ccnc(C)c1. The fourth-order valence-electron chi connectivity index (χ4n) is 1.84. The van der Waals surface area contributed by atoms with Crippen LogP contribution in [-0.2, 0) is 0 Å². The number of nitrogens with one attached hydrogen (secondary N) is 1. The highest BCUT2D eigenvalue weighted by atomic mass is 14.9. The van der Waals surface area contributed by atoms with Crippen molar-refractivity contribution in [3.63, 3.8) is 0 Å². The van der Waals surface area contributed by atoms with Gasteiger partial charge >= 0.3 is 0 Å². The Bertz CT molecular complexity index is 358. The van der Waals surface area contributed by atoms with Crippen molar-refractivity contribution in [3.8, 4) is 0 Å². The van der Waals surface area contributed by atoms with Gasteiger partial charge in [-0.05, 0) is 50.4 Å².